The molecule has 5 nitrogen and oxygen atoms in total. The lowest BCUT2D eigenvalue weighted by Crippen LogP contribution is -2.45. The third-order valence-electron chi connectivity index (χ3n) is 2.70. The Morgan fingerprint density at radius 1 is 1.59 bits per heavy atom. The van der Waals surface area contributed by atoms with Gasteiger partial charge in [0.25, 0.3) is 5.91 Å². The summed E-state index contributed by atoms with van der Waals surface area (Å²) in [5.41, 5.74) is 1.35. The van der Waals surface area contributed by atoms with Crippen LogP contribution in [0.25, 0.3) is 0 Å². The van der Waals surface area contributed by atoms with Crippen LogP contribution in [0, 0.1) is 6.92 Å². The van der Waals surface area contributed by atoms with Gasteiger partial charge in [-0.25, -0.2) is 0 Å². The molecule has 0 aliphatic carbocycles. The number of ether oxygens (including phenoxy) is 1. The number of hydrogen-bond donors (Lipinski definition) is 3. The van der Waals surface area contributed by atoms with Gasteiger partial charge in [0.05, 0.1) is 6.61 Å². The summed E-state index contributed by atoms with van der Waals surface area (Å²) in [6, 6.07) is 5.04. The van der Waals surface area contributed by atoms with Crippen LogP contribution in [0.4, 0.5) is 5.69 Å². The number of anilines is 1. The minimum atomic E-state index is -0.466. The Morgan fingerprint density at radius 3 is 3.06 bits per heavy atom. The second-order valence-electron chi connectivity index (χ2n) is 4.05. The van der Waals surface area contributed by atoms with E-state index in [0.29, 0.717) is 18.8 Å². The number of hydrogen-bond acceptors (Lipinski definition) is 4. The average Bonchev–Trinajstić information content (AvgIpc) is 2.35. The summed E-state index contributed by atoms with van der Waals surface area (Å²) in [5.74, 6) is -0.0223. The first-order chi connectivity index (χ1) is 8.16. The van der Waals surface area contributed by atoms with Gasteiger partial charge in [0.1, 0.15) is 11.9 Å². The van der Waals surface area contributed by atoms with E-state index < -0.39 is 6.10 Å². The number of aryl methyl sites for hydroxylation is 1. The van der Waals surface area contributed by atoms with Gasteiger partial charge in [0.15, 0.2) is 0 Å². The highest BCUT2D eigenvalue weighted by atomic mass is 16.5. The summed E-state index contributed by atoms with van der Waals surface area (Å²) in [5, 5.41) is 15.3. The summed E-state index contributed by atoms with van der Waals surface area (Å²) in [6.07, 6.45) is -0.466. The first-order valence-electron chi connectivity index (χ1n) is 5.59. The van der Waals surface area contributed by atoms with Crippen LogP contribution in [0.1, 0.15) is 5.56 Å². The highest BCUT2D eigenvalue weighted by Crippen LogP contribution is 2.21. The number of benzene rings is 1. The maximum absolute atomic E-state index is 11.8. The second kappa shape index (κ2) is 5.16. The van der Waals surface area contributed by atoms with Gasteiger partial charge in [-0.2, -0.15) is 0 Å². The Hall–Kier alpha value is -1.59. The predicted molar refractivity (Wildman–Crippen MR) is 64.1 cm³/mol. The zero-order valence-corrected chi connectivity index (χ0v) is 9.69. The summed E-state index contributed by atoms with van der Waals surface area (Å²) < 4.78 is 5.33. The first kappa shape index (κ1) is 11.9. The van der Waals surface area contributed by atoms with E-state index in [4.69, 9.17) is 4.74 Å². The van der Waals surface area contributed by atoms with E-state index in [1.807, 2.05) is 0 Å². The van der Waals surface area contributed by atoms with Crippen LogP contribution >= 0.6 is 0 Å². The third-order valence-corrected chi connectivity index (χ3v) is 2.70. The number of aromatic hydroxyl groups is 1. The van der Waals surface area contributed by atoms with E-state index in [2.05, 4.69) is 10.6 Å². The summed E-state index contributed by atoms with van der Waals surface area (Å²) >= 11 is 0. The third kappa shape index (κ3) is 2.95. The standard InChI is InChI=1S/C12H16N2O3/c1-8-2-3-9(6-10(8)15)14-12(16)11-7-13-4-5-17-11/h2-3,6,11,13,15H,4-5,7H2,1H3,(H,14,16). The van der Waals surface area contributed by atoms with Gasteiger partial charge in [-0.15, -0.1) is 0 Å². The van der Waals surface area contributed by atoms with E-state index in [9.17, 15) is 9.90 Å². The van der Waals surface area contributed by atoms with Gasteiger partial charge >= 0.3 is 0 Å². The first-order valence-corrected chi connectivity index (χ1v) is 5.59. The molecule has 0 aromatic heterocycles. The molecule has 0 radical (unpaired) electrons. The Morgan fingerprint density at radius 2 is 2.41 bits per heavy atom. The van der Waals surface area contributed by atoms with E-state index in [0.717, 1.165) is 12.1 Å². The Bertz CT molecular complexity index is 414. The van der Waals surface area contributed by atoms with Crippen LogP contribution in [0.5, 0.6) is 5.75 Å². The molecule has 0 bridgehead atoms. The molecule has 1 heterocycles. The molecule has 1 aromatic rings. The number of carbonyl (C=O) groups excluding carboxylic acids is 1. The van der Waals surface area contributed by atoms with Crippen LogP contribution in [-0.2, 0) is 9.53 Å². The topological polar surface area (TPSA) is 70.6 Å². The van der Waals surface area contributed by atoms with Crippen molar-refractivity contribution in [3.05, 3.63) is 23.8 Å². The molecule has 1 fully saturated rings. The molecule has 0 spiro atoms. The quantitative estimate of drug-likeness (QED) is 0.704. The second-order valence-corrected chi connectivity index (χ2v) is 4.05. The van der Waals surface area contributed by atoms with Gasteiger partial charge in [0.2, 0.25) is 0 Å². The van der Waals surface area contributed by atoms with Crippen LogP contribution in [0.15, 0.2) is 18.2 Å². The van der Waals surface area contributed by atoms with Crippen molar-refractivity contribution in [1.82, 2.24) is 5.32 Å². The summed E-state index contributed by atoms with van der Waals surface area (Å²) in [7, 11) is 0. The Labute approximate surface area is 99.8 Å². The average molecular weight is 236 g/mol. The van der Waals surface area contributed by atoms with Crippen molar-refractivity contribution >= 4 is 11.6 Å². The fourth-order valence-electron chi connectivity index (χ4n) is 1.64. The molecule has 1 amide bonds. The fraction of sp³-hybridized carbons (Fsp3) is 0.417. The maximum atomic E-state index is 11.8. The molecule has 1 atom stereocenters. The SMILES string of the molecule is Cc1ccc(NC(=O)C2CNCCO2)cc1O. The lowest BCUT2D eigenvalue weighted by molar-refractivity contribution is -0.128. The maximum Gasteiger partial charge on any atom is 0.254 e. The monoisotopic (exact) mass is 236 g/mol. The van der Waals surface area contributed by atoms with Gasteiger partial charge in [-0.05, 0) is 18.6 Å². The zero-order chi connectivity index (χ0) is 12.3. The molecular weight excluding hydrogens is 220 g/mol. The molecule has 1 aromatic carbocycles. The molecular formula is C12H16N2O3. The number of amides is 1. The van der Waals surface area contributed by atoms with Crippen molar-refractivity contribution < 1.29 is 14.6 Å². The van der Waals surface area contributed by atoms with Crippen LogP contribution in [-0.4, -0.2) is 36.8 Å². The van der Waals surface area contributed by atoms with Crippen LogP contribution in [0.3, 0.4) is 0 Å². The largest absolute Gasteiger partial charge is 0.508 e. The fourth-order valence-corrected chi connectivity index (χ4v) is 1.64. The number of rotatable bonds is 2. The van der Waals surface area contributed by atoms with Crippen molar-refractivity contribution in [3.8, 4) is 5.75 Å². The van der Waals surface area contributed by atoms with E-state index in [1.165, 1.54) is 6.07 Å². The molecule has 1 saturated heterocycles. The highest BCUT2D eigenvalue weighted by Gasteiger charge is 2.21. The van der Waals surface area contributed by atoms with Gasteiger partial charge in [-0.3, -0.25) is 4.79 Å². The van der Waals surface area contributed by atoms with Gasteiger partial charge in [0, 0.05) is 24.8 Å². The molecule has 92 valence electrons. The summed E-state index contributed by atoms with van der Waals surface area (Å²) in [6.45, 7) is 3.63. The zero-order valence-electron chi connectivity index (χ0n) is 9.69. The number of phenols is 1. The molecule has 1 aliphatic rings. The minimum absolute atomic E-state index is 0.172. The molecule has 1 unspecified atom stereocenters. The van der Waals surface area contributed by atoms with Crippen molar-refractivity contribution in [2.45, 2.75) is 13.0 Å². The smallest absolute Gasteiger partial charge is 0.254 e. The minimum Gasteiger partial charge on any atom is -0.508 e. The van der Waals surface area contributed by atoms with E-state index in [1.54, 1.807) is 19.1 Å². The van der Waals surface area contributed by atoms with E-state index in [-0.39, 0.29) is 11.7 Å². The van der Waals surface area contributed by atoms with Crippen molar-refractivity contribution in [2.24, 2.45) is 0 Å². The van der Waals surface area contributed by atoms with Crippen molar-refractivity contribution in [3.63, 3.8) is 0 Å². The van der Waals surface area contributed by atoms with Crippen molar-refractivity contribution in [2.75, 3.05) is 25.0 Å². The number of morpholine rings is 1. The summed E-state index contributed by atoms with van der Waals surface area (Å²) in [4.78, 5) is 11.8. The van der Waals surface area contributed by atoms with Gasteiger partial charge in [-0.1, -0.05) is 6.07 Å². The normalized spacial score (nSPS) is 19.9. The van der Waals surface area contributed by atoms with Crippen molar-refractivity contribution in [1.29, 1.82) is 0 Å². The molecule has 0 saturated carbocycles. The number of phenolic OH excluding ortho intramolecular Hbond substituents is 1. The highest BCUT2D eigenvalue weighted by molar-refractivity contribution is 5.94. The lowest BCUT2D eigenvalue weighted by Gasteiger charge is -2.22. The molecule has 2 rings (SSSR count). The van der Waals surface area contributed by atoms with Crippen LogP contribution in [0.2, 0.25) is 0 Å². The predicted octanol–water partition coefficient (Wildman–Crippen LogP) is 0.628. The Balaban J connectivity index is 1.99. The molecule has 3 N–H and O–H groups in total. The molecule has 5 heteroatoms. The Kier molecular flexibility index (Phi) is 3.61. The molecule has 17 heavy (non-hydrogen) atoms. The van der Waals surface area contributed by atoms with E-state index >= 15 is 0 Å². The lowest BCUT2D eigenvalue weighted by atomic mass is 10.2. The van der Waals surface area contributed by atoms with Gasteiger partial charge < -0.3 is 20.5 Å². The van der Waals surface area contributed by atoms with Crippen LogP contribution < -0.4 is 10.6 Å². The molecule has 1 aliphatic heterocycles. The number of carbonyl (C=O) groups is 1. The number of nitrogens with one attached hydrogen (secondary N) is 2.